The Morgan fingerprint density at radius 2 is 1.40 bits per heavy atom. The third kappa shape index (κ3) is 5.36. The van der Waals surface area contributed by atoms with Gasteiger partial charge in [0.2, 0.25) is 11.8 Å². The average molecular weight is 483 g/mol. The molecule has 1 amide bonds. The molecule has 0 unspecified atom stereocenters. The van der Waals surface area contributed by atoms with Crippen molar-refractivity contribution in [2.75, 3.05) is 24.4 Å². The minimum absolute atomic E-state index is 0.0263. The lowest BCUT2D eigenvalue weighted by Crippen LogP contribution is -2.42. The number of rotatable bonds is 7. The molecule has 4 rings (SSSR count). The third-order valence-electron chi connectivity index (χ3n) is 7.01. The van der Waals surface area contributed by atoms with Crippen LogP contribution in [0.25, 0.3) is 0 Å². The Morgan fingerprint density at radius 1 is 0.829 bits per heavy atom. The van der Waals surface area contributed by atoms with Crippen LogP contribution in [0.2, 0.25) is 0 Å². The molecule has 2 aliphatic rings. The molecule has 0 aliphatic heterocycles. The summed E-state index contributed by atoms with van der Waals surface area (Å²) < 4.78 is 16.3. The molecule has 1 heterocycles. The lowest BCUT2D eigenvalue weighted by atomic mass is 9.93. The fourth-order valence-corrected chi connectivity index (χ4v) is 5.19. The standard InChI is InChI=1S/C27H34N2O6/c1-33-26(31)21-22(27(32)34-2)25(35-23(21)28-19-14-8-4-9-15-19)29(20-16-10-5-11-17-20)24(30)18-12-6-3-7-13-18/h3,6-7,12-13,19-20,28H,4-5,8-11,14-17H2,1-2H3. The maximum absolute atomic E-state index is 13.8. The van der Waals surface area contributed by atoms with Crippen LogP contribution in [0.5, 0.6) is 0 Å². The molecule has 0 bridgehead atoms. The fraction of sp³-hybridized carbons (Fsp3) is 0.519. The molecule has 1 N–H and O–H groups in total. The van der Waals surface area contributed by atoms with Crippen LogP contribution in [-0.4, -0.2) is 44.1 Å². The predicted molar refractivity (Wildman–Crippen MR) is 132 cm³/mol. The molecule has 35 heavy (non-hydrogen) atoms. The summed E-state index contributed by atoms with van der Waals surface area (Å²) in [4.78, 5) is 41.4. The van der Waals surface area contributed by atoms with Gasteiger partial charge < -0.3 is 19.2 Å². The molecular weight excluding hydrogens is 448 g/mol. The van der Waals surface area contributed by atoms with Crippen LogP contribution in [0.1, 0.15) is 95.3 Å². The lowest BCUT2D eigenvalue weighted by Gasteiger charge is -2.33. The number of carbonyl (C=O) groups excluding carboxylic acids is 3. The average Bonchev–Trinajstić information content (AvgIpc) is 3.27. The van der Waals surface area contributed by atoms with Gasteiger partial charge in [-0.25, -0.2) is 9.59 Å². The van der Waals surface area contributed by atoms with Crippen molar-refractivity contribution in [2.24, 2.45) is 0 Å². The van der Waals surface area contributed by atoms with Gasteiger partial charge in [0.25, 0.3) is 5.91 Å². The summed E-state index contributed by atoms with van der Waals surface area (Å²) in [6, 6.07) is 8.85. The Hall–Kier alpha value is -3.29. The molecule has 2 saturated carbocycles. The summed E-state index contributed by atoms with van der Waals surface area (Å²) >= 11 is 0. The second kappa shape index (κ2) is 11.4. The van der Waals surface area contributed by atoms with Crippen molar-refractivity contribution < 1.29 is 28.3 Å². The molecule has 0 spiro atoms. The highest BCUT2D eigenvalue weighted by atomic mass is 16.5. The number of esters is 2. The molecule has 2 fully saturated rings. The first-order valence-electron chi connectivity index (χ1n) is 12.5. The van der Waals surface area contributed by atoms with Crippen molar-refractivity contribution in [2.45, 2.75) is 76.3 Å². The SMILES string of the molecule is COC(=O)c1c(NC2CCCCC2)oc(N(C(=O)c2ccccc2)C2CCCCC2)c1C(=O)OC. The summed E-state index contributed by atoms with van der Waals surface area (Å²) in [5.74, 6) is -1.55. The Bertz CT molecular complexity index is 1040. The summed E-state index contributed by atoms with van der Waals surface area (Å²) in [6.45, 7) is 0. The van der Waals surface area contributed by atoms with Gasteiger partial charge in [0.15, 0.2) is 0 Å². The fourth-order valence-electron chi connectivity index (χ4n) is 5.19. The highest BCUT2D eigenvalue weighted by Gasteiger charge is 2.40. The van der Waals surface area contributed by atoms with Crippen molar-refractivity contribution in [1.82, 2.24) is 0 Å². The van der Waals surface area contributed by atoms with E-state index < -0.39 is 11.9 Å². The Balaban J connectivity index is 1.86. The minimum Gasteiger partial charge on any atom is -0.465 e. The number of nitrogens with zero attached hydrogens (tertiary/aromatic N) is 1. The quantitative estimate of drug-likeness (QED) is 0.515. The van der Waals surface area contributed by atoms with Gasteiger partial charge in [-0.05, 0) is 37.8 Å². The number of carbonyl (C=O) groups is 3. The van der Waals surface area contributed by atoms with Crippen LogP contribution in [0, 0.1) is 0 Å². The van der Waals surface area contributed by atoms with Gasteiger partial charge in [0.05, 0.1) is 14.2 Å². The van der Waals surface area contributed by atoms with E-state index in [1.807, 2.05) is 6.07 Å². The zero-order valence-electron chi connectivity index (χ0n) is 20.5. The predicted octanol–water partition coefficient (Wildman–Crippen LogP) is 5.58. The monoisotopic (exact) mass is 482 g/mol. The van der Waals surface area contributed by atoms with Crippen LogP contribution in [0.3, 0.4) is 0 Å². The number of anilines is 2. The molecule has 2 aromatic rings. The number of nitrogens with one attached hydrogen (secondary N) is 1. The molecule has 0 radical (unpaired) electrons. The molecule has 8 nitrogen and oxygen atoms in total. The summed E-state index contributed by atoms with van der Waals surface area (Å²) in [5.41, 5.74) is 0.376. The zero-order chi connectivity index (χ0) is 24.8. The van der Waals surface area contributed by atoms with Crippen molar-refractivity contribution >= 4 is 29.6 Å². The van der Waals surface area contributed by atoms with E-state index in [0.717, 1.165) is 57.8 Å². The number of methoxy groups -OCH3 is 2. The highest BCUT2D eigenvalue weighted by molar-refractivity contribution is 6.14. The Morgan fingerprint density at radius 3 is 2.00 bits per heavy atom. The topological polar surface area (TPSA) is 98.1 Å². The zero-order valence-corrected chi connectivity index (χ0v) is 20.5. The number of hydrogen-bond donors (Lipinski definition) is 1. The molecule has 1 aromatic heterocycles. The van der Waals surface area contributed by atoms with E-state index in [4.69, 9.17) is 13.9 Å². The van der Waals surface area contributed by atoms with E-state index in [9.17, 15) is 14.4 Å². The number of hydrogen-bond acceptors (Lipinski definition) is 7. The van der Waals surface area contributed by atoms with E-state index in [2.05, 4.69) is 5.32 Å². The van der Waals surface area contributed by atoms with Gasteiger partial charge in [0, 0.05) is 17.6 Å². The van der Waals surface area contributed by atoms with Gasteiger partial charge >= 0.3 is 11.9 Å². The van der Waals surface area contributed by atoms with Crippen LogP contribution in [-0.2, 0) is 9.47 Å². The van der Waals surface area contributed by atoms with Crippen LogP contribution < -0.4 is 10.2 Å². The first kappa shape index (κ1) is 24.8. The second-order valence-corrected chi connectivity index (χ2v) is 9.28. The number of furan rings is 1. The Labute approximate surface area is 205 Å². The van der Waals surface area contributed by atoms with Crippen molar-refractivity contribution in [1.29, 1.82) is 0 Å². The maximum Gasteiger partial charge on any atom is 0.344 e. The largest absolute Gasteiger partial charge is 0.465 e. The van der Waals surface area contributed by atoms with E-state index >= 15 is 0 Å². The van der Waals surface area contributed by atoms with E-state index in [1.54, 1.807) is 29.2 Å². The van der Waals surface area contributed by atoms with E-state index in [0.29, 0.717) is 5.56 Å². The summed E-state index contributed by atoms with van der Waals surface area (Å²) in [5, 5.41) is 3.33. The molecule has 0 saturated heterocycles. The van der Waals surface area contributed by atoms with Gasteiger partial charge in [-0.3, -0.25) is 9.69 Å². The molecule has 2 aliphatic carbocycles. The molecule has 188 valence electrons. The van der Waals surface area contributed by atoms with Crippen molar-refractivity contribution in [3.8, 4) is 0 Å². The third-order valence-corrected chi connectivity index (χ3v) is 7.01. The van der Waals surface area contributed by atoms with Gasteiger partial charge in [0.1, 0.15) is 11.1 Å². The summed E-state index contributed by atoms with van der Waals surface area (Å²) in [6.07, 6.45) is 9.75. The van der Waals surface area contributed by atoms with Crippen LogP contribution >= 0.6 is 0 Å². The minimum atomic E-state index is -0.748. The summed E-state index contributed by atoms with van der Waals surface area (Å²) in [7, 11) is 2.51. The van der Waals surface area contributed by atoms with Gasteiger partial charge in [-0.15, -0.1) is 0 Å². The van der Waals surface area contributed by atoms with E-state index in [-0.39, 0.29) is 40.9 Å². The molecule has 1 aromatic carbocycles. The first-order valence-corrected chi connectivity index (χ1v) is 12.5. The van der Waals surface area contributed by atoms with Crippen molar-refractivity contribution in [3.05, 3.63) is 47.0 Å². The Kier molecular flexibility index (Phi) is 8.10. The number of amides is 1. The highest BCUT2D eigenvalue weighted by Crippen LogP contribution is 2.40. The smallest absolute Gasteiger partial charge is 0.344 e. The maximum atomic E-state index is 13.8. The van der Waals surface area contributed by atoms with Gasteiger partial charge in [-0.2, -0.15) is 0 Å². The van der Waals surface area contributed by atoms with Crippen LogP contribution in [0.4, 0.5) is 11.8 Å². The molecular formula is C27H34N2O6. The van der Waals surface area contributed by atoms with E-state index in [1.165, 1.54) is 20.6 Å². The van der Waals surface area contributed by atoms with Crippen LogP contribution in [0.15, 0.2) is 34.7 Å². The molecule has 8 heteroatoms. The van der Waals surface area contributed by atoms with Gasteiger partial charge in [-0.1, -0.05) is 56.7 Å². The first-order chi connectivity index (χ1) is 17.0. The normalized spacial score (nSPS) is 17.0. The molecule has 0 atom stereocenters. The second-order valence-electron chi connectivity index (χ2n) is 9.28. The van der Waals surface area contributed by atoms with Crippen molar-refractivity contribution in [3.63, 3.8) is 0 Å². The number of ether oxygens (including phenoxy) is 2. The number of benzene rings is 1. The lowest BCUT2D eigenvalue weighted by molar-refractivity contribution is 0.0557.